The molecule has 0 spiro atoms. The second-order valence-corrected chi connectivity index (χ2v) is 7.83. The molecule has 0 aliphatic carbocycles. The van der Waals surface area contributed by atoms with E-state index in [4.69, 9.17) is 9.84 Å². The molecule has 0 radical (unpaired) electrons. The van der Waals surface area contributed by atoms with Gasteiger partial charge in [-0.05, 0) is 38.5 Å². The Morgan fingerprint density at radius 1 is 0.733 bits per heavy atom. The Morgan fingerprint density at radius 3 is 1.90 bits per heavy atom. The van der Waals surface area contributed by atoms with Crippen molar-refractivity contribution in [1.82, 2.24) is 0 Å². The van der Waals surface area contributed by atoms with Crippen molar-refractivity contribution in [2.75, 3.05) is 13.2 Å². The largest absolute Gasteiger partial charge is 0.388 e. The van der Waals surface area contributed by atoms with Gasteiger partial charge in [-0.15, -0.1) is 0 Å². The second kappa shape index (κ2) is 21.2. The van der Waals surface area contributed by atoms with Gasteiger partial charge in [-0.3, -0.25) is 0 Å². The van der Waals surface area contributed by atoms with Crippen LogP contribution in [0.5, 0.6) is 0 Å². The molecule has 0 bridgehead atoms. The minimum absolute atomic E-state index is 0.117. The number of unbranched alkanes of at least 4 members (excludes halogenated alkanes) is 9. The molecule has 0 heterocycles. The molecule has 0 unspecified atom stereocenters. The molecule has 0 amide bonds. The zero-order valence-electron chi connectivity index (χ0n) is 18.7. The Kier molecular flexibility index (Phi) is 20.5. The maximum absolute atomic E-state index is 10.4. The zero-order valence-corrected chi connectivity index (χ0v) is 18.7. The lowest BCUT2D eigenvalue weighted by Crippen LogP contribution is -2.46. The van der Waals surface area contributed by atoms with Crippen molar-refractivity contribution in [1.29, 1.82) is 0 Å². The molecule has 0 saturated heterocycles. The third-order valence-electron chi connectivity index (χ3n) is 5.01. The third-order valence-corrected chi connectivity index (χ3v) is 5.01. The molecule has 30 heavy (non-hydrogen) atoms. The highest BCUT2D eigenvalue weighted by atomic mass is 16.5. The number of rotatable bonds is 21. The highest BCUT2D eigenvalue weighted by Gasteiger charge is 2.30. The van der Waals surface area contributed by atoms with E-state index in [1.54, 1.807) is 0 Å². The molecule has 0 rings (SSSR count). The molecule has 6 heteroatoms. The average molecular weight is 429 g/mol. The fourth-order valence-corrected chi connectivity index (χ4v) is 3.01. The van der Waals surface area contributed by atoms with Crippen LogP contribution >= 0.6 is 0 Å². The van der Waals surface area contributed by atoms with E-state index < -0.39 is 24.4 Å². The normalized spacial score (nSPS) is 16.2. The molecule has 0 aliphatic heterocycles. The number of aliphatic hydroxyl groups is 4. The summed E-state index contributed by atoms with van der Waals surface area (Å²) >= 11 is 0. The minimum Gasteiger partial charge on any atom is -0.388 e. The van der Waals surface area contributed by atoms with Crippen molar-refractivity contribution in [3.8, 4) is 0 Å². The van der Waals surface area contributed by atoms with Gasteiger partial charge in [0.15, 0.2) is 6.29 Å². The van der Waals surface area contributed by atoms with Crippen LogP contribution < -0.4 is 0 Å². The summed E-state index contributed by atoms with van der Waals surface area (Å²) in [6.07, 6.45) is 16.7. The highest BCUT2D eigenvalue weighted by Crippen LogP contribution is 2.09. The van der Waals surface area contributed by atoms with Crippen LogP contribution in [0.1, 0.15) is 84.0 Å². The third kappa shape index (κ3) is 16.7. The van der Waals surface area contributed by atoms with Gasteiger partial charge in [-0.25, -0.2) is 0 Å². The summed E-state index contributed by atoms with van der Waals surface area (Å²) in [5, 5.41) is 37.9. The molecule has 0 fully saturated rings. The van der Waals surface area contributed by atoms with Gasteiger partial charge in [0.2, 0.25) is 0 Å². The summed E-state index contributed by atoms with van der Waals surface area (Å²) in [6.45, 7) is 2.54. The second-order valence-electron chi connectivity index (χ2n) is 7.83. The van der Waals surface area contributed by atoms with Crippen molar-refractivity contribution in [2.45, 2.75) is 108 Å². The van der Waals surface area contributed by atoms with Gasteiger partial charge < -0.3 is 30.0 Å². The summed E-state index contributed by atoms with van der Waals surface area (Å²) in [6, 6.07) is 0. The van der Waals surface area contributed by atoms with Gasteiger partial charge in [0.1, 0.15) is 24.4 Å². The molecule has 4 N–H and O–H groups in total. The number of allylic oxidation sites excluding steroid dienone is 4. The molecule has 176 valence electrons. The summed E-state index contributed by atoms with van der Waals surface area (Å²) in [5.74, 6) is 0. The topological polar surface area (TPSA) is 107 Å². The van der Waals surface area contributed by atoms with Crippen LogP contribution in [0.15, 0.2) is 24.3 Å². The van der Waals surface area contributed by atoms with E-state index in [2.05, 4.69) is 31.2 Å². The molecule has 0 aromatic carbocycles. The van der Waals surface area contributed by atoms with Gasteiger partial charge in [0.25, 0.3) is 0 Å². The molecule has 0 aromatic rings. The quantitative estimate of drug-likeness (QED) is 0.127. The van der Waals surface area contributed by atoms with Crippen molar-refractivity contribution in [3.63, 3.8) is 0 Å². The SMILES string of the molecule is CCCCC/C=C\C/C=C\CCCCCCCCOC[C@@H](O)[C@@H](O)[C@H](O)[C@@H](O)C=O. The van der Waals surface area contributed by atoms with Gasteiger partial charge in [-0.1, -0.05) is 69.8 Å². The van der Waals surface area contributed by atoms with Gasteiger partial charge in [0.05, 0.1) is 6.61 Å². The smallest absolute Gasteiger partial charge is 0.151 e. The minimum atomic E-state index is -1.72. The van der Waals surface area contributed by atoms with Crippen molar-refractivity contribution in [2.24, 2.45) is 0 Å². The summed E-state index contributed by atoms with van der Waals surface area (Å²) in [7, 11) is 0. The number of ether oxygens (including phenoxy) is 1. The van der Waals surface area contributed by atoms with E-state index in [0.29, 0.717) is 6.61 Å². The molecule has 6 nitrogen and oxygen atoms in total. The van der Waals surface area contributed by atoms with E-state index in [0.717, 1.165) is 32.1 Å². The number of aldehydes is 1. The van der Waals surface area contributed by atoms with E-state index in [1.807, 2.05) is 0 Å². The highest BCUT2D eigenvalue weighted by molar-refractivity contribution is 5.56. The van der Waals surface area contributed by atoms with Crippen LogP contribution in [0.4, 0.5) is 0 Å². The first-order chi connectivity index (χ1) is 14.5. The van der Waals surface area contributed by atoms with Crippen LogP contribution in [-0.2, 0) is 9.53 Å². The lowest BCUT2D eigenvalue weighted by Gasteiger charge is -2.23. The molecule has 0 aromatic heterocycles. The monoisotopic (exact) mass is 428 g/mol. The Morgan fingerprint density at radius 2 is 1.30 bits per heavy atom. The maximum Gasteiger partial charge on any atom is 0.151 e. The van der Waals surface area contributed by atoms with Crippen LogP contribution in [-0.4, -0.2) is 64.3 Å². The van der Waals surface area contributed by atoms with E-state index in [-0.39, 0.29) is 12.9 Å². The van der Waals surface area contributed by atoms with Crippen molar-refractivity contribution >= 4 is 6.29 Å². The van der Waals surface area contributed by atoms with Gasteiger partial charge in [0, 0.05) is 6.61 Å². The van der Waals surface area contributed by atoms with Crippen molar-refractivity contribution in [3.05, 3.63) is 24.3 Å². The Bertz CT molecular complexity index is 437. The summed E-state index contributed by atoms with van der Waals surface area (Å²) in [5.41, 5.74) is 0. The zero-order chi connectivity index (χ0) is 22.5. The number of carbonyl (C=O) groups is 1. The summed E-state index contributed by atoms with van der Waals surface area (Å²) < 4.78 is 5.29. The average Bonchev–Trinajstić information content (AvgIpc) is 2.76. The molecule has 0 saturated carbocycles. The Balaban J connectivity index is 3.44. The van der Waals surface area contributed by atoms with E-state index in [9.17, 15) is 20.1 Å². The fourth-order valence-electron chi connectivity index (χ4n) is 3.01. The van der Waals surface area contributed by atoms with Crippen LogP contribution in [0.3, 0.4) is 0 Å². The number of aliphatic hydroxyl groups excluding tert-OH is 4. The predicted molar refractivity (Wildman–Crippen MR) is 120 cm³/mol. The predicted octanol–water partition coefficient (Wildman–Crippen LogP) is 3.46. The first kappa shape index (κ1) is 28.9. The van der Waals surface area contributed by atoms with Gasteiger partial charge >= 0.3 is 0 Å². The van der Waals surface area contributed by atoms with Crippen molar-refractivity contribution < 1.29 is 30.0 Å². The van der Waals surface area contributed by atoms with Gasteiger partial charge in [-0.2, -0.15) is 0 Å². The fraction of sp³-hybridized carbons (Fsp3) is 0.792. The standard InChI is InChI=1S/C24H44O6/c1-2-3-4-5-6-7-8-9-10-11-12-13-14-15-16-17-18-30-20-22(27)24(29)23(28)21(26)19-25/h6-7,9-10,19,21-24,26-29H,2-5,8,11-18,20H2,1H3/b7-6-,10-9-/t21-,22+,23+,24+/m0/s1. The summed E-state index contributed by atoms with van der Waals surface area (Å²) in [4.78, 5) is 10.4. The van der Waals surface area contributed by atoms with Crippen LogP contribution in [0.25, 0.3) is 0 Å². The Labute approximate surface area is 182 Å². The first-order valence-corrected chi connectivity index (χ1v) is 11.6. The Hall–Kier alpha value is -1.05. The number of hydrogen-bond donors (Lipinski definition) is 4. The first-order valence-electron chi connectivity index (χ1n) is 11.6. The maximum atomic E-state index is 10.4. The lowest BCUT2D eigenvalue weighted by molar-refractivity contribution is -0.138. The molecule has 4 atom stereocenters. The molecular weight excluding hydrogens is 384 g/mol. The van der Waals surface area contributed by atoms with Crippen LogP contribution in [0.2, 0.25) is 0 Å². The lowest BCUT2D eigenvalue weighted by atomic mass is 10.0. The number of carbonyl (C=O) groups excluding carboxylic acids is 1. The number of hydrogen-bond acceptors (Lipinski definition) is 6. The molecule has 0 aliphatic rings. The van der Waals surface area contributed by atoms with Crippen LogP contribution in [0, 0.1) is 0 Å². The van der Waals surface area contributed by atoms with E-state index in [1.165, 1.54) is 44.9 Å². The van der Waals surface area contributed by atoms with E-state index >= 15 is 0 Å². The molecular formula is C24H44O6.